The van der Waals surface area contributed by atoms with Gasteiger partial charge in [0.25, 0.3) is 5.91 Å². The van der Waals surface area contributed by atoms with Crippen molar-refractivity contribution < 1.29 is 14.3 Å². The van der Waals surface area contributed by atoms with Gasteiger partial charge in [0.2, 0.25) is 5.91 Å². The maximum Gasteiger partial charge on any atom is 0.256 e. The number of benzene rings is 1. The molecule has 120 valence electrons. The van der Waals surface area contributed by atoms with E-state index in [1.807, 2.05) is 12.1 Å². The Bertz CT molecular complexity index is 510. The topological polar surface area (TPSA) is 58.6 Å². The van der Waals surface area contributed by atoms with Gasteiger partial charge in [-0.05, 0) is 18.6 Å². The van der Waals surface area contributed by atoms with Gasteiger partial charge in [-0.3, -0.25) is 9.59 Å². The van der Waals surface area contributed by atoms with Crippen LogP contribution in [-0.4, -0.2) is 43.0 Å². The molecule has 0 saturated carbocycles. The summed E-state index contributed by atoms with van der Waals surface area (Å²) in [5, 5.41) is 2.87. The molecule has 22 heavy (non-hydrogen) atoms. The number of carbonyl (C=O) groups is 2. The predicted molar refractivity (Wildman–Crippen MR) is 85.9 cm³/mol. The first-order valence-electron chi connectivity index (χ1n) is 7.98. The molecule has 1 heterocycles. The van der Waals surface area contributed by atoms with Gasteiger partial charge in [0.05, 0.1) is 24.5 Å². The van der Waals surface area contributed by atoms with Gasteiger partial charge < -0.3 is 15.0 Å². The molecule has 1 saturated heterocycles. The van der Waals surface area contributed by atoms with Crippen molar-refractivity contribution in [3.05, 3.63) is 29.8 Å². The first kappa shape index (κ1) is 16.5. The van der Waals surface area contributed by atoms with Crippen LogP contribution in [0, 0.1) is 0 Å². The van der Waals surface area contributed by atoms with Crippen LogP contribution in [0.3, 0.4) is 0 Å². The molecule has 1 fully saturated rings. The third kappa shape index (κ3) is 4.56. The highest BCUT2D eigenvalue weighted by atomic mass is 16.5. The molecule has 2 amide bonds. The monoisotopic (exact) mass is 304 g/mol. The predicted octanol–water partition coefficient (Wildman–Crippen LogP) is 2.68. The lowest BCUT2D eigenvalue weighted by Gasteiger charge is -2.27. The van der Waals surface area contributed by atoms with Gasteiger partial charge in [-0.1, -0.05) is 31.9 Å². The fourth-order valence-corrected chi connectivity index (χ4v) is 2.46. The third-order valence-electron chi connectivity index (χ3n) is 3.74. The van der Waals surface area contributed by atoms with Crippen LogP contribution in [0.1, 0.15) is 43.0 Å². The van der Waals surface area contributed by atoms with E-state index in [0.717, 1.165) is 19.3 Å². The van der Waals surface area contributed by atoms with Crippen LogP contribution in [0.5, 0.6) is 0 Å². The number of anilines is 1. The van der Waals surface area contributed by atoms with Crippen molar-refractivity contribution in [2.75, 3.05) is 31.6 Å². The molecule has 1 aromatic carbocycles. The van der Waals surface area contributed by atoms with Gasteiger partial charge in [-0.25, -0.2) is 0 Å². The summed E-state index contributed by atoms with van der Waals surface area (Å²) in [5.41, 5.74) is 1.15. The molecule has 0 aliphatic carbocycles. The summed E-state index contributed by atoms with van der Waals surface area (Å²) in [6.45, 7) is 4.43. The van der Waals surface area contributed by atoms with E-state index in [0.29, 0.717) is 44.0 Å². The second-order valence-corrected chi connectivity index (χ2v) is 5.46. The highest BCUT2D eigenvalue weighted by molar-refractivity contribution is 6.03. The van der Waals surface area contributed by atoms with Crippen molar-refractivity contribution in [1.29, 1.82) is 0 Å². The molecule has 0 unspecified atom stereocenters. The Balaban J connectivity index is 2.02. The summed E-state index contributed by atoms with van der Waals surface area (Å²) in [7, 11) is 0. The Morgan fingerprint density at radius 3 is 2.64 bits per heavy atom. The Morgan fingerprint density at radius 2 is 1.91 bits per heavy atom. The van der Waals surface area contributed by atoms with E-state index in [-0.39, 0.29) is 11.8 Å². The number of nitrogens with one attached hydrogen (secondary N) is 1. The number of hydrogen-bond donors (Lipinski definition) is 1. The van der Waals surface area contributed by atoms with Gasteiger partial charge >= 0.3 is 0 Å². The zero-order chi connectivity index (χ0) is 15.8. The number of morpholine rings is 1. The van der Waals surface area contributed by atoms with Gasteiger partial charge in [-0.15, -0.1) is 0 Å². The maximum atomic E-state index is 12.6. The molecule has 1 N–H and O–H groups in total. The molecule has 0 atom stereocenters. The Morgan fingerprint density at radius 1 is 1.18 bits per heavy atom. The molecule has 1 aromatic rings. The van der Waals surface area contributed by atoms with Crippen LogP contribution in [0.2, 0.25) is 0 Å². The molecule has 0 bridgehead atoms. The number of carbonyl (C=O) groups excluding carboxylic acids is 2. The first-order chi connectivity index (χ1) is 10.7. The average Bonchev–Trinajstić information content (AvgIpc) is 2.56. The van der Waals surface area contributed by atoms with E-state index < -0.39 is 0 Å². The largest absolute Gasteiger partial charge is 0.378 e. The molecule has 5 heteroatoms. The van der Waals surface area contributed by atoms with E-state index in [2.05, 4.69) is 12.2 Å². The highest BCUT2D eigenvalue weighted by Crippen LogP contribution is 2.18. The van der Waals surface area contributed by atoms with E-state index in [1.54, 1.807) is 17.0 Å². The van der Waals surface area contributed by atoms with E-state index >= 15 is 0 Å². The molecular formula is C17H24N2O3. The number of ether oxygens (including phenoxy) is 1. The SMILES string of the molecule is CCCCCC(=O)Nc1ccccc1C(=O)N1CCOCC1. The minimum atomic E-state index is -0.0484. The van der Waals surface area contributed by atoms with E-state index in [9.17, 15) is 9.59 Å². The molecule has 2 rings (SSSR count). The zero-order valence-electron chi connectivity index (χ0n) is 13.1. The van der Waals surface area contributed by atoms with Crippen molar-refractivity contribution >= 4 is 17.5 Å². The van der Waals surface area contributed by atoms with Crippen LogP contribution in [-0.2, 0) is 9.53 Å². The number of rotatable bonds is 6. The van der Waals surface area contributed by atoms with Crippen LogP contribution in [0.25, 0.3) is 0 Å². The second-order valence-electron chi connectivity index (χ2n) is 5.46. The van der Waals surface area contributed by atoms with Crippen LogP contribution >= 0.6 is 0 Å². The summed E-state index contributed by atoms with van der Waals surface area (Å²) in [5.74, 6) is -0.0802. The number of unbranched alkanes of at least 4 members (excludes halogenated alkanes) is 2. The molecule has 0 aromatic heterocycles. The quantitative estimate of drug-likeness (QED) is 0.822. The fourth-order valence-electron chi connectivity index (χ4n) is 2.46. The Kier molecular flexibility index (Phi) is 6.40. The standard InChI is InChI=1S/C17H24N2O3/c1-2-3-4-9-16(20)18-15-8-6-5-7-14(15)17(21)19-10-12-22-13-11-19/h5-8H,2-4,9-13H2,1H3,(H,18,20). The van der Waals surface area contributed by atoms with Gasteiger partial charge in [-0.2, -0.15) is 0 Å². The Hall–Kier alpha value is -1.88. The average molecular weight is 304 g/mol. The summed E-state index contributed by atoms with van der Waals surface area (Å²) < 4.78 is 5.27. The normalized spacial score (nSPS) is 14.7. The number of para-hydroxylation sites is 1. The van der Waals surface area contributed by atoms with Gasteiger partial charge in [0.15, 0.2) is 0 Å². The first-order valence-corrected chi connectivity index (χ1v) is 7.98. The van der Waals surface area contributed by atoms with E-state index in [4.69, 9.17) is 4.74 Å². The Labute approximate surface area is 131 Å². The summed E-state index contributed by atoms with van der Waals surface area (Å²) in [6, 6.07) is 7.20. The van der Waals surface area contributed by atoms with Crippen molar-refractivity contribution in [3.63, 3.8) is 0 Å². The lowest BCUT2D eigenvalue weighted by Crippen LogP contribution is -2.41. The second kappa shape index (κ2) is 8.54. The molecule has 5 nitrogen and oxygen atoms in total. The fraction of sp³-hybridized carbons (Fsp3) is 0.529. The molecule has 1 aliphatic rings. The van der Waals surface area contributed by atoms with Crippen LogP contribution < -0.4 is 5.32 Å². The van der Waals surface area contributed by atoms with Gasteiger partial charge in [0, 0.05) is 19.5 Å². The lowest BCUT2D eigenvalue weighted by molar-refractivity contribution is -0.116. The van der Waals surface area contributed by atoms with E-state index in [1.165, 1.54) is 0 Å². The lowest BCUT2D eigenvalue weighted by atomic mass is 10.1. The zero-order valence-corrected chi connectivity index (χ0v) is 13.1. The minimum Gasteiger partial charge on any atom is -0.378 e. The minimum absolute atomic E-state index is 0.0318. The summed E-state index contributed by atoms with van der Waals surface area (Å²) >= 11 is 0. The molecule has 1 aliphatic heterocycles. The van der Waals surface area contributed by atoms with Crippen LogP contribution in [0.15, 0.2) is 24.3 Å². The number of nitrogens with zero attached hydrogens (tertiary/aromatic N) is 1. The van der Waals surface area contributed by atoms with Crippen molar-refractivity contribution in [3.8, 4) is 0 Å². The number of amides is 2. The van der Waals surface area contributed by atoms with Crippen molar-refractivity contribution in [2.45, 2.75) is 32.6 Å². The van der Waals surface area contributed by atoms with Gasteiger partial charge in [0.1, 0.15) is 0 Å². The molecular weight excluding hydrogens is 280 g/mol. The number of hydrogen-bond acceptors (Lipinski definition) is 3. The summed E-state index contributed by atoms with van der Waals surface area (Å²) in [4.78, 5) is 26.3. The maximum absolute atomic E-state index is 12.6. The molecule has 0 radical (unpaired) electrons. The summed E-state index contributed by atoms with van der Waals surface area (Å²) in [6.07, 6.45) is 3.50. The van der Waals surface area contributed by atoms with Crippen molar-refractivity contribution in [1.82, 2.24) is 4.90 Å². The van der Waals surface area contributed by atoms with Crippen molar-refractivity contribution in [2.24, 2.45) is 0 Å². The van der Waals surface area contributed by atoms with Crippen LogP contribution in [0.4, 0.5) is 5.69 Å². The third-order valence-corrected chi connectivity index (χ3v) is 3.74. The molecule has 0 spiro atoms. The highest BCUT2D eigenvalue weighted by Gasteiger charge is 2.21. The smallest absolute Gasteiger partial charge is 0.256 e.